The van der Waals surface area contributed by atoms with E-state index in [1.165, 1.54) is 5.56 Å². The Hall–Kier alpha value is -2.74. The number of pyridine rings is 1. The summed E-state index contributed by atoms with van der Waals surface area (Å²) in [7, 11) is 0. The molecule has 0 aliphatic carbocycles. The molecule has 162 valence electrons. The number of benzene rings is 1. The van der Waals surface area contributed by atoms with Crippen LogP contribution in [-0.4, -0.2) is 61.3 Å². The molecule has 5 rings (SSSR count). The van der Waals surface area contributed by atoms with Crippen LogP contribution in [0.1, 0.15) is 21.7 Å². The number of amides is 1. The number of hydrogen-bond donors (Lipinski definition) is 1. The molecule has 2 aliphatic rings. The molecular weight excluding hydrogens is 394 g/mol. The van der Waals surface area contributed by atoms with Gasteiger partial charge in [-0.2, -0.15) is 0 Å². The van der Waals surface area contributed by atoms with Crippen LogP contribution in [0.4, 0.5) is 0 Å². The number of morpholine rings is 1. The fraction of sp³-hybridized carbons (Fsp3) is 0.417. The third-order valence-corrected chi connectivity index (χ3v) is 6.14. The van der Waals surface area contributed by atoms with Gasteiger partial charge in [0.05, 0.1) is 50.1 Å². The molecule has 0 bridgehead atoms. The highest BCUT2D eigenvalue weighted by Crippen LogP contribution is 2.24. The first-order valence-corrected chi connectivity index (χ1v) is 10.8. The van der Waals surface area contributed by atoms with E-state index in [0.29, 0.717) is 25.3 Å². The van der Waals surface area contributed by atoms with Crippen molar-refractivity contribution in [1.29, 1.82) is 0 Å². The molecule has 0 spiro atoms. The summed E-state index contributed by atoms with van der Waals surface area (Å²) in [5.74, 6) is 0.904. The predicted molar refractivity (Wildman–Crippen MR) is 116 cm³/mol. The van der Waals surface area contributed by atoms with Gasteiger partial charge in [-0.05, 0) is 30.2 Å². The van der Waals surface area contributed by atoms with E-state index in [-0.39, 0.29) is 17.9 Å². The average Bonchev–Trinajstić information content (AvgIpc) is 3.44. The Morgan fingerprint density at radius 1 is 1.13 bits per heavy atom. The molecule has 2 aliphatic heterocycles. The molecule has 1 aromatic carbocycles. The number of carbonyl (C=O) groups excluding carboxylic acids is 1. The summed E-state index contributed by atoms with van der Waals surface area (Å²) in [4.78, 5) is 19.6. The molecule has 4 heterocycles. The second-order valence-electron chi connectivity index (χ2n) is 8.26. The van der Waals surface area contributed by atoms with Crippen molar-refractivity contribution in [3.8, 4) is 0 Å². The minimum atomic E-state index is -0.114. The first-order valence-electron chi connectivity index (χ1n) is 10.8. The number of para-hydroxylation sites is 1. The predicted octanol–water partition coefficient (Wildman–Crippen LogP) is 2.65. The summed E-state index contributed by atoms with van der Waals surface area (Å²) in [5.41, 5.74) is 2.78. The van der Waals surface area contributed by atoms with E-state index in [0.717, 1.165) is 49.4 Å². The molecule has 31 heavy (non-hydrogen) atoms. The number of hydrogen-bond acceptors (Lipinski definition) is 6. The molecule has 3 aromatic rings. The van der Waals surface area contributed by atoms with Crippen molar-refractivity contribution in [2.75, 3.05) is 39.5 Å². The molecular formula is C24H27N3O4. The van der Waals surface area contributed by atoms with E-state index < -0.39 is 0 Å². The lowest BCUT2D eigenvalue weighted by atomic mass is 9.93. The molecule has 2 aromatic heterocycles. The van der Waals surface area contributed by atoms with Crippen molar-refractivity contribution in [1.82, 2.24) is 15.2 Å². The number of nitrogens with zero attached hydrogens (tertiary/aromatic N) is 2. The monoisotopic (exact) mass is 421 g/mol. The lowest BCUT2D eigenvalue weighted by Gasteiger charge is -2.25. The van der Waals surface area contributed by atoms with Gasteiger partial charge in [0.1, 0.15) is 12.0 Å². The van der Waals surface area contributed by atoms with Crippen molar-refractivity contribution < 1.29 is 18.7 Å². The van der Waals surface area contributed by atoms with Crippen LogP contribution in [0.3, 0.4) is 0 Å². The highest BCUT2D eigenvalue weighted by Gasteiger charge is 2.30. The molecule has 1 amide bonds. The number of nitrogens with one attached hydrogen (secondary N) is 1. The van der Waals surface area contributed by atoms with E-state index in [4.69, 9.17) is 13.9 Å². The summed E-state index contributed by atoms with van der Waals surface area (Å²) in [6.45, 7) is 5.10. The van der Waals surface area contributed by atoms with Gasteiger partial charge in [-0.3, -0.25) is 14.7 Å². The van der Waals surface area contributed by atoms with Crippen molar-refractivity contribution in [3.05, 3.63) is 65.7 Å². The SMILES string of the molecule is O=C(N[C@H]1COC[C@H]1Cc1ccnc2ccccc12)c1coc(CN2CCOCC2)c1. The molecule has 2 atom stereocenters. The van der Waals surface area contributed by atoms with E-state index >= 15 is 0 Å². The highest BCUT2D eigenvalue weighted by atomic mass is 16.5. The van der Waals surface area contributed by atoms with Crippen molar-refractivity contribution >= 4 is 16.8 Å². The lowest BCUT2D eigenvalue weighted by Crippen LogP contribution is -2.40. The number of rotatable bonds is 6. The van der Waals surface area contributed by atoms with Gasteiger partial charge in [-0.15, -0.1) is 0 Å². The quantitative estimate of drug-likeness (QED) is 0.660. The fourth-order valence-electron chi connectivity index (χ4n) is 4.39. The lowest BCUT2D eigenvalue weighted by molar-refractivity contribution is 0.0313. The van der Waals surface area contributed by atoms with Crippen LogP contribution in [0, 0.1) is 5.92 Å². The van der Waals surface area contributed by atoms with Gasteiger partial charge < -0.3 is 19.2 Å². The summed E-state index contributed by atoms with van der Waals surface area (Å²) < 4.78 is 16.7. The van der Waals surface area contributed by atoms with Crippen LogP contribution in [-0.2, 0) is 22.4 Å². The van der Waals surface area contributed by atoms with Crippen LogP contribution in [0.25, 0.3) is 10.9 Å². The Balaban J connectivity index is 1.22. The van der Waals surface area contributed by atoms with E-state index in [9.17, 15) is 4.79 Å². The summed E-state index contributed by atoms with van der Waals surface area (Å²) in [6, 6.07) is 12.0. The van der Waals surface area contributed by atoms with Crippen LogP contribution in [0.15, 0.2) is 53.3 Å². The minimum absolute atomic E-state index is 0.0305. The molecule has 0 radical (unpaired) electrons. The summed E-state index contributed by atoms with van der Waals surface area (Å²) >= 11 is 0. The van der Waals surface area contributed by atoms with E-state index in [2.05, 4.69) is 27.3 Å². The number of ether oxygens (including phenoxy) is 2. The number of aromatic nitrogens is 1. The average molecular weight is 421 g/mol. The van der Waals surface area contributed by atoms with Gasteiger partial charge in [-0.25, -0.2) is 0 Å². The summed E-state index contributed by atoms with van der Waals surface area (Å²) in [6.07, 6.45) is 4.23. The van der Waals surface area contributed by atoms with Crippen molar-refractivity contribution in [2.45, 2.75) is 19.0 Å². The van der Waals surface area contributed by atoms with Gasteiger partial charge in [0.15, 0.2) is 0 Å². The normalized spacial score (nSPS) is 22.1. The Labute approximate surface area is 181 Å². The maximum Gasteiger partial charge on any atom is 0.254 e. The number of carbonyl (C=O) groups is 1. The molecule has 2 saturated heterocycles. The Morgan fingerprint density at radius 3 is 2.90 bits per heavy atom. The zero-order valence-electron chi connectivity index (χ0n) is 17.5. The molecule has 7 nitrogen and oxygen atoms in total. The van der Waals surface area contributed by atoms with E-state index in [1.54, 1.807) is 6.26 Å². The Bertz CT molecular complexity index is 1040. The van der Waals surface area contributed by atoms with Gasteiger partial charge in [0.25, 0.3) is 5.91 Å². The fourth-order valence-corrected chi connectivity index (χ4v) is 4.39. The van der Waals surface area contributed by atoms with Crippen LogP contribution >= 0.6 is 0 Å². The van der Waals surface area contributed by atoms with E-state index in [1.807, 2.05) is 30.5 Å². The van der Waals surface area contributed by atoms with Crippen LogP contribution in [0.5, 0.6) is 0 Å². The highest BCUT2D eigenvalue weighted by molar-refractivity contribution is 5.94. The van der Waals surface area contributed by atoms with Gasteiger partial charge in [0, 0.05) is 30.6 Å². The number of fused-ring (bicyclic) bond motifs is 1. The molecule has 0 unspecified atom stereocenters. The molecule has 1 N–H and O–H groups in total. The first kappa shape index (κ1) is 20.2. The van der Waals surface area contributed by atoms with Crippen molar-refractivity contribution in [2.24, 2.45) is 5.92 Å². The molecule has 0 saturated carbocycles. The number of furan rings is 1. The second kappa shape index (κ2) is 9.18. The maximum atomic E-state index is 12.8. The van der Waals surface area contributed by atoms with Gasteiger partial charge in [-0.1, -0.05) is 18.2 Å². The third-order valence-electron chi connectivity index (χ3n) is 6.14. The molecule has 2 fully saturated rings. The van der Waals surface area contributed by atoms with Crippen LogP contribution < -0.4 is 5.32 Å². The summed E-state index contributed by atoms with van der Waals surface area (Å²) in [5, 5.41) is 4.31. The standard InChI is InChI=1S/C24H27N3O4/c28-24(19-12-20(31-15-19)13-27-7-9-29-10-8-27)26-23-16-30-14-18(23)11-17-5-6-25-22-4-2-1-3-21(17)22/h1-6,12,15,18,23H,7-11,13-14,16H2,(H,26,28)/t18-,23+/m1/s1. The minimum Gasteiger partial charge on any atom is -0.467 e. The Kier molecular flexibility index (Phi) is 5.97. The Morgan fingerprint density at radius 2 is 2.00 bits per heavy atom. The zero-order valence-corrected chi connectivity index (χ0v) is 17.5. The van der Waals surface area contributed by atoms with Crippen molar-refractivity contribution in [3.63, 3.8) is 0 Å². The van der Waals surface area contributed by atoms with Crippen LogP contribution in [0.2, 0.25) is 0 Å². The second-order valence-corrected chi connectivity index (χ2v) is 8.26. The third kappa shape index (κ3) is 4.63. The van der Waals surface area contributed by atoms with Gasteiger partial charge >= 0.3 is 0 Å². The topological polar surface area (TPSA) is 76.8 Å². The zero-order chi connectivity index (χ0) is 21.0. The van der Waals surface area contributed by atoms with Gasteiger partial charge in [0.2, 0.25) is 0 Å². The maximum absolute atomic E-state index is 12.8. The smallest absolute Gasteiger partial charge is 0.254 e. The molecule has 7 heteroatoms. The first-order chi connectivity index (χ1) is 15.3. The largest absolute Gasteiger partial charge is 0.467 e.